The number of imide groups is 1. The highest BCUT2D eigenvalue weighted by molar-refractivity contribution is 6.23. The van der Waals surface area contributed by atoms with Crippen LogP contribution in [0.4, 0.5) is 22.1 Å². The van der Waals surface area contributed by atoms with E-state index in [9.17, 15) is 14.4 Å². The third kappa shape index (κ3) is 4.43. The second kappa shape index (κ2) is 9.09. The first-order chi connectivity index (χ1) is 17.5. The molecule has 3 heterocycles. The minimum Gasteiger partial charge on any atom is -0.368 e. The number of fused-ring (bicyclic) bond motifs is 1. The summed E-state index contributed by atoms with van der Waals surface area (Å²) in [5.41, 5.74) is 7.15. The first-order valence-electron chi connectivity index (χ1n) is 12.9. The molecular weight excluding hydrogens is 470 g/mol. The van der Waals surface area contributed by atoms with Crippen molar-refractivity contribution in [2.24, 2.45) is 0 Å². The predicted octanol–water partition coefficient (Wildman–Crippen LogP) is 2.96. The maximum Gasteiger partial charge on any atom is 0.332 e. The van der Waals surface area contributed by atoms with Gasteiger partial charge in [0, 0.05) is 29.9 Å². The van der Waals surface area contributed by atoms with E-state index < -0.39 is 11.6 Å². The Kier molecular flexibility index (Phi) is 6.18. The lowest BCUT2D eigenvalue weighted by molar-refractivity contribution is -0.123. The van der Waals surface area contributed by atoms with Gasteiger partial charge in [-0.15, -0.1) is 0 Å². The SMILES string of the molecule is CC1(C)CN(C(=O)CNC2CCCC2)c2cc(N3C(=O)N(Cc4ccnc(N)n4)C(C)(C)C3=O)ccc21. The van der Waals surface area contributed by atoms with Crippen LogP contribution in [-0.2, 0) is 21.5 Å². The molecule has 0 unspecified atom stereocenters. The molecule has 0 spiro atoms. The standard InChI is InChI=1S/C27H35N7O3/c1-26(2)16-32(22(35)14-30-17-7-5-6-8-17)21-13-19(9-10-20(21)26)34-23(36)27(3,4)33(25(34)37)15-18-11-12-29-24(28)31-18/h9-13,17,30H,5-8,14-16H2,1-4H3,(H2,28,29,31). The topological polar surface area (TPSA) is 125 Å². The van der Waals surface area contributed by atoms with Crippen LogP contribution in [-0.4, -0.2) is 57.4 Å². The van der Waals surface area contributed by atoms with Crippen LogP contribution >= 0.6 is 0 Å². The Hall–Kier alpha value is -3.53. The number of benzene rings is 1. The van der Waals surface area contributed by atoms with E-state index in [2.05, 4.69) is 29.1 Å². The smallest absolute Gasteiger partial charge is 0.332 e. The molecule has 2 aromatic rings. The molecule has 196 valence electrons. The zero-order valence-electron chi connectivity index (χ0n) is 22.0. The molecule has 0 radical (unpaired) electrons. The van der Waals surface area contributed by atoms with E-state index in [1.165, 1.54) is 28.8 Å². The van der Waals surface area contributed by atoms with Gasteiger partial charge < -0.3 is 20.9 Å². The summed E-state index contributed by atoms with van der Waals surface area (Å²) in [6.45, 7) is 8.59. The lowest BCUT2D eigenvalue weighted by atomic mass is 9.87. The van der Waals surface area contributed by atoms with Crippen molar-refractivity contribution in [3.63, 3.8) is 0 Å². The van der Waals surface area contributed by atoms with Crippen molar-refractivity contribution in [1.82, 2.24) is 20.2 Å². The molecule has 1 aromatic carbocycles. The minimum atomic E-state index is -1.09. The Morgan fingerprint density at radius 2 is 1.86 bits per heavy atom. The van der Waals surface area contributed by atoms with Gasteiger partial charge in [0.05, 0.1) is 24.5 Å². The van der Waals surface area contributed by atoms with E-state index in [0.29, 0.717) is 24.0 Å². The molecule has 1 saturated carbocycles. The van der Waals surface area contributed by atoms with Gasteiger partial charge in [-0.25, -0.2) is 19.7 Å². The number of anilines is 3. The summed E-state index contributed by atoms with van der Waals surface area (Å²) < 4.78 is 0. The molecular formula is C27H35N7O3. The van der Waals surface area contributed by atoms with E-state index >= 15 is 0 Å². The third-order valence-corrected chi connectivity index (χ3v) is 7.89. The third-order valence-electron chi connectivity index (χ3n) is 7.89. The quantitative estimate of drug-likeness (QED) is 0.578. The first-order valence-corrected chi connectivity index (χ1v) is 12.9. The van der Waals surface area contributed by atoms with E-state index in [4.69, 9.17) is 5.73 Å². The van der Waals surface area contributed by atoms with Crippen molar-refractivity contribution in [1.29, 1.82) is 0 Å². The van der Waals surface area contributed by atoms with Crippen LogP contribution in [0.5, 0.6) is 0 Å². The van der Waals surface area contributed by atoms with Gasteiger partial charge >= 0.3 is 6.03 Å². The number of nitrogens with zero attached hydrogens (tertiary/aromatic N) is 5. The summed E-state index contributed by atoms with van der Waals surface area (Å²) in [4.78, 5) is 52.9. The lowest BCUT2D eigenvalue weighted by Gasteiger charge is -2.27. The molecule has 2 fully saturated rings. The van der Waals surface area contributed by atoms with Crippen LogP contribution in [0.3, 0.4) is 0 Å². The molecule has 3 aliphatic rings. The van der Waals surface area contributed by atoms with Crippen LogP contribution < -0.4 is 20.9 Å². The number of rotatable bonds is 6. The van der Waals surface area contributed by atoms with Gasteiger partial charge in [0.2, 0.25) is 11.9 Å². The molecule has 10 nitrogen and oxygen atoms in total. The van der Waals surface area contributed by atoms with Crippen LogP contribution in [0.25, 0.3) is 0 Å². The van der Waals surface area contributed by atoms with Gasteiger partial charge in [-0.05, 0) is 50.5 Å². The van der Waals surface area contributed by atoms with Gasteiger partial charge in [0.1, 0.15) is 5.54 Å². The number of nitrogens with one attached hydrogen (secondary N) is 1. The van der Waals surface area contributed by atoms with Crippen molar-refractivity contribution in [2.45, 2.75) is 76.9 Å². The number of amides is 4. The number of nitrogens with two attached hydrogens (primary N) is 1. The monoisotopic (exact) mass is 505 g/mol. The number of carbonyl (C=O) groups excluding carboxylic acids is 3. The lowest BCUT2D eigenvalue weighted by Crippen LogP contribution is -2.43. The maximum atomic E-state index is 13.6. The number of hydrogen-bond acceptors (Lipinski definition) is 7. The van der Waals surface area contributed by atoms with E-state index in [-0.39, 0.29) is 36.3 Å². The summed E-state index contributed by atoms with van der Waals surface area (Å²) >= 11 is 0. The van der Waals surface area contributed by atoms with Crippen molar-refractivity contribution in [3.8, 4) is 0 Å². The van der Waals surface area contributed by atoms with Gasteiger partial charge in [-0.1, -0.05) is 32.8 Å². The average molecular weight is 506 g/mol. The summed E-state index contributed by atoms with van der Waals surface area (Å²) in [7, 11) is 0. The van der Waals surface area contributed by atoms with Crippen LogP contribution in [0, 0.1) is 0 Å². The number of urea groups is 1. The molecule has 0 atom stereocenters. The van der Waals surface area contributed by atoms with Gasteiger partial charge in [-0.3, -0.25) is 9.59 Å². The van der Waals surface area contributed by atoms with Crippen LogP contribution in [0.15, 0.2) is 30.5 Å². The zero-order chi connectivity index (χ0) is 26.5. The molecule has 1 aliphatic carbocycles. The molecule has 2 aliphatic heterocycles. The fraction of sp³-hybridized carbons (Fsp3) is 0.519. The Morgan fingerprint density at radius 3 is 2.57 bits per heavy atom. The highest BCUT2D eigenvalue weighted by Crippen LogP contribution is 2.44. The molecule has 1 saturated heterocycles. The fourth-order valence-electron chi connectivity index (χ4n) is 5.69. The Balaban J connectivity index is 1.42. The molecule has 1 aromatic heterocycles. The normalized spacial score (nSPS) is 20.7. The Labute approximate surface area is 217 Å². The van der Waals surface area contributed by atoms with E-state index in [0.717, 1.165) is 24.1 Å². The van der Waals surface area contributed by atoms with E-state index in [1.54, 1.807) is 36.9 Å². The second-order valence-corrected chi connectivity index (χ2v) is 11.4. The highest BCUT2D eigenvalue weighted by atomic mass is 16.2. The fourth-order valence-corrected chi connectivity index (χ4v) is 5.69. The summed E-state index contributed by atoms with van der Waals surface area (Å²) in [5, 5.41) is 3.41. The Bertz CT molecular complexity index is 1250. The number of carbonyl (C=O) groups is 3. The van der Waals surface area contributed by atoms with Crippen molar-refractivity contribution in [3.05, 3.63) is 41.7 Å². The minimum absolute atomic E-state index is 0.00161. The van der Waals surface area contributed by atoms with Crippen LogP contribution in [0.1, 0.15) is 64.6 Å². The van der Waals surface area contributed by atoms with Crippen molar-refractivity contribution in [2.75, 3.05) is 28.6 Å². The van der Waals surface area contributed by atoms with Crippen LogP contribution in [0.2, 0.25) is 0 Å². The highest BCUT2D eigenvalue weighted by Gasteiger charge is 2.52. The van der Waals surface area contributed by atoms with Gasteiger partial charge in [0.25, 0.3) is 5.91 Å². The molecule has 5 rings (SSSR count). The molecule has 10 heteroatoms. The van der Waals surface area contributed by atoms with E-state index in [1.807, 2.05) is 6.07 Å². The number of nitrogen functional groups attached to an aromatic ring is 1. The molecule has 0 bridgehead atoms. The Morgan fingerprint density at radius 1 is 1.14 bits per heavy atom. The van der Waals surface area contributed by atoms with Gasteiger partial charge in [0.15, 0.2) is 0 Å². The summed E-state index contributed by atoms with van der Waals surface area (Å²) in [6.07, 6.45) is 6.13. The summed E-state index contributed by atoms with van der Waals surface area (Å²) in [5.74, 6) is -0.227. The largest absolute Gasteiger partial charge is 0.368 e. The summed E-state index contributed by atoms with van der Waals surface area (Å²) in [6, 6.07) is 7.16. The number of hydrogen-bond donors (Lipinski definition) is 2. The van der Waals surface area contributed by atoms with Gasteiger partial charge in [-0.2, -0.15) is 0 Å². The predicted molar refractivity (Wildman–Crippen MR) is 141 cm³/mol. The maximum absolute atomic E-state index is 13.6. The van der Waals surface area contributed by atoms with Crippen molar-refractivity contribution < 1.29 is 14.4 Å². The van der Waals surface area contributed by atoms with Crippen molar-refractivity contribution >= 4 is 35.2 Å². The second-order valence-electron chi connectivity index (χ2n) is 11.4. The molecule has 3 N–H and O–H groups in total. The first kappa shape index (κ1) is 25.1. The molecule has 4 amide bonds. The zero-order valence-corrected chi connectivity index (χ0v) is 22.0. The average Bonchev–Trinajstić information content (AvgIpc) is 3.50. The molecule has 37 heavy (non-hydrogen) atoms. The number of aromatic nitrogens is 2.